The van der Waals surface area contributed by atoms with E-state index in [4.69, 9.17) is 0 Å². The van der Waals surface area contributed by atoms with E-state index < -0.39 is 0 Å². The fourth-order valence-electron chi connectivity index (χ4n) is 2.67. The maximum Gasteiger partial charge on any atom is 0.197 e. The first-order chi connectivity index (χ1) is 7.66. The molecule has 1 saturated carbocycles. The summed E-state index contributed by atoms with van der Waals surface area (Å²) in [5.41, 5.74) is 2.13. The zero-order valence-corrected chi connectivity index (χ0v) is 9.72. The minimum absolute atomic E-state index is 0.448. The fraction of sp³-hybridized carbons (Fsp3) is 0.583. The van der Waals surface area contributed by atoms with Crippen molar-refractivity contribution in [3.8, 4) is 0 Å². The third-order valence-electron chi connectivity index (χ3n) is 3.55. The molecular weight excluding hydrogens is 200 g/mol. The Morgan fingerprint density at radius 2 is 2.06 bits per heavy atom. The molecule has 1 fully saturated rings. The number of hydrogen-bond acceptors (Lipinski definition) is 3. The second-order valence-electron chi connectivity index (χ2n) is 5.42. The molecule has 2 aromatic heterocycles. The molecule has 0 radical (unpaired) electrons. The predicted octanol–water partition coefficient (Wildman–Crippen LogP) is 2.58. The van der Waals surface area contributed by atoms with Gasteiger partial charge in [-0.15, -0.1) is 0 Å². The molecule has 3 rings (SSSR count). The van der Waals surface area contributed by atoms with Crippen molar-refractivity contribution in [2.24, 2.45) is 5.41 Å². The number of rotatable bonds is 1. The highest BCUT2D eigenvalue weighted by atomic mass is 15.2. The van der Waals surface area contributed by atoms with Crippen LogP contribution in [0.15, 0.2) is 18.7 Å². The van der Waals surface area contributed by atoms with Crippen molar-refractivity contribution in [1.82, 2.24) is 19.5 Å². The topological polar surface area (TPSA) is 43.6 Å². The van der Waals surface area contributed by atoms with Crippen LogP contribution in [0.3, 0.4) is 0 Å². The lowest BCUT2D eigenvalue weighted by Gasteiger charge is -2.17. The molecule has 0 bridgehead atoms. The second-order valence-corrected chi connectivity index (χ2v) is 5.42. The van der Waals surface area contributed by atoms with Crippen LogP contribution in [-0.4, -0.2) is 19.5 Å². The average Bonchev–Trinajstić information content (AvgIpc) is 2.81. The van der Waals surface area contributed by atoms with E-state index in [9.17, 15) is 0 Å². The van der Waals surface area contributed by atoms with Gasteiger partial charge in [-0.05, 0) is 24.7 Å². The summed E-state index contributed by atoms with van der Waals surface area (Å²) in [5.74, 6) is 0. The molecule has 0 N–H and O–H groups in total. The highest BCUT2D eigenvalue weighted by molar-refractivity contribution is 5.64. The number of nitrogens with zero attached hydrogens (tertiary/aromatic N) is 4. The first-order valence-electron chi connectivity index (χ1n) is 5.79. The van der Waals surface area contributed by atoms with Crippen molar-refractivity contribution in [1.29, 1.82) is 0 Å². The van der Waals surface area contributed by atoms with Crippen LogP contribution >= 0.6 is 0 Å². The third kappa shape index (κ3) is 1.49. The van der Waals surface area contributed by atoms with Crippen molar-refractivity contribution in [3.63, 3.8) is 0 Å². The maximum absolute atomic E-state index is 4.37. The van der Waals surface area contributed by atoms with E-state index in [0.29, 0.717) is 11.5 Å². The molecule has 2 heterocycles. The van der Waals surface area contributed by atoms with Gasteiger partial charge in [-0.3, -0.25) is 0 Å². The average molecular weight is 216 g/mol. The smallest absolute Gasteiger partial charge is 0.197 e. The Morgan fingerprint density at radius 3 is 2.81 bits per heavy atom. The highest BCUT2D eigenvalue weighted by Gasteiger charge is 2.32. The van der Waals surface area contributed by atoms with Crippen molar-refractivity contribution in [2.75, 3.05) is 0 Å². The molecule has 2 aromatic rings. The molecular formula is C12H16N4. The van der Waals surface area contributed by atoms with E-state index in [1.165, 1.54) is 19.3 Å². The molecule has 4 heteroatoms. The van der Waals surface area contributed by atoms with Gasteiger partial charge in [-0.25, -0.2) is 15.0 Å². The van der Waals surface area contributed by atoms with Gasteiger partial charge >= 0.3 is 0 Å². The van der Waals surface area contributed by atoms with Crippen LogP contribution in [0.5, 0.6) is 0 Å². The molecule has 1 atom stereocenters. The zero-order chi connectivity index (χ0) is 11.2. The molecule has 0 spiro atoms. The monoisotopic (exact) mass is 216 g/mol. The molecule has 84 valence electrons. The Morgan fingerprint density at radius 1 is 1.25 bits per heavy atom. The second kappa shape index (κ2) is 3.27. The largest absolute Gasteiger partial charge is 0.311 e. The summed E-state index contributed by atoms with van der Waals surface area (Å²) in [7, 11) is 0. The van der Waals surface area contributed by atoms with Crippen LogP contribution in [0.4, 0.5) is 0 Å². The molecule has 1 aliphatic rings. The SMILES string of the molecule is CC1(C)CCC(n2cnc3nccnc32)C1. The minimum atomic E-state index is 0.448. The quantitative estimate of drug-likeness (QED) is 0.735. The van der Waals surface area contributed by atoms with Crippen LogP contribution in [0.2, 0.25) is 0 Å². The number of hydrogen-bond donors (Lipinski definition) is 0. The number of aromatic nitrogens is 4. The summed E-state index contributed by atoms with van der Waals surface area (Å²) < 4.78 is 2.19. The van der Waals surface area contributed by atoms with Crippen LogP contribution in [-0.2, 0) is 0 Å². The van der Waals surface area contributed by atoms with Crippen molar-refractivity contribution < 1.29 is 0 Å². The van der Waals surface area contributed by atoms with E-state index in [1.54, 1.807) is 12.4 Å². The summed E-state index contributed by atoms with van der Waals surface area (Å²) in [5, 5.41) is 0. The van der Waals surface area contributed by atoms with Gasteiger partial charge in [0.05, 0.1) is 6.33 Å². The zero-order valence-electron chi connectivity index (χ0n) is 9.72. The van der Waals surface area contributed by atoms with Gasteiger partial charge in [0.15, 0.2) is 11.3 Å². The Bertz CT molecular complexity index is 514. The lowest BCUT2D eigenvalue weighted by molar-refractivity contribution is 0.360. The minimum Gasteiger partial charge on any atom is -0.311 e. The number of fused-ring (bicyclic) bond motifs is 1. The van der Waals surface area contributed by atoms with E-state index in [1.807, 2.05) is 6.33 Å². The van der Waals surface area contributed by atoms with E-state index in [2.05, 4.69) is 33.4 Å². The van der Waals surface area contributed by atoms with Gasteiger partial charge in [-0.2, -0.15) is 0 Å². The van der Waals surface area contributed by atoms with Gasteiger partial charge in [0.1, 0.15) is 0 Å². The van der Waals surface area contributed by atoms with Gasteiger partial charge in [0.25, 0.3) is 0 Å². The highest BCUT2D eigenvalue weighted by Crippen LogP contribution is 2.43. The molecule has 4 nitrogen and oxygen atoms in total. The van der Waals surface area contributed by atoms with E-state index >= 15 is 0 Å². The summed E-state index contributed by atoms with van der Waals surface area (Å²) in [6.07, 6.45) is 9.01. The molecule has 0 saturated heterocycles. The molecule has 1 aliphatic carbocycles. The first kappa shape index (κ1) is 9.75. The maximum atomic E-state index is 4.37. The third-order valence-corrected chi connectivity index (χ3v) is 3.55. The molecule has 0 aliphatic heterocycles. The van der Waals surface area contributed by atoms with Gasteiger partial charge < -0.3 is 4.57 Å². The summed E-state index contributed by atoms with van der Waals surface area (Å²) in [6.45, 7) is 4.66. The van der Waals surface area contributed by atoms with E-state index in [0.717, 1.165) is 11.3 Å². The van der Waals surface area contributed by atoms with Crippen LogP contribution < -0.4 is 0 Å². The van der Waals surface area contributed by atoms with Crippen molar-refractivity contribution in [3.05, 3.63) is 18.7 Å². The lowest BCUT2D eigenvalue weighted by Crippen LogP contribution is -2.09. The lowest BCUT2D eigenvalue weighted by atomic mass is 9.92. The van der Waals surface area contributed by atoms with Crippen LogP contribution in [0, 0.1) is 5.41 Å². The van der Waals surface area contributed by atoms with Gasteiger partial charge in [-0.1, -0.05) is 13.8 Å². The standard InChI is InChI=1S/C12H16N4/c1-12(2)4-3-9(7-12)16-8-15-10-11(16)14-6-5-13-10/h5-6,8-9H,3-4,7H2,1-2H3. The Hall–Kier alpha value is -1.45. The first-order valence-corrected chi connectivity index (χ1v) is 5.79. The summed E-state index contributed by atoms with van der Waals surface area (Å²) >= 11 is 0. The fourth-order valence-corrected chi connectivity index (χ4v) is 2.67. The van der Waals surface area contributed by atoms with Gasteiger partial charge in [0.2, 0.25) is 0 Å². The van der Waals surface area contributed by atoms with Crippen LogP contribution in [0.25, 0.3) is 11.3 Å². The van der Waals surface area contributed by atoms with Crippen molar-refractivity contribution in [2.45, 2.75) is 39.2 Å². The molecule has 16 heavy (non-hydrogen) atoms. The summed E-state index contributed by atoms with van der Waals surface area (Å²) in [4.78, 5) is 12.9. The Balaban J connectivity index is 2.01. The predicted molar refractivity (Wildman–Crippen MR) is 62.0 cm³/mol. The normalized spacial score (nSPS) is 24.0. The van der Waals surface area contributed by atoms with Crippen molar-refractivity contribution >= 4 is 11.3 Å². The Labute approximate surface area is 94.7 Å². The van der Waals surface area contributed by atoms with Crippen LogP contribution in [0.1, 0.15) is 39.2 Å². The number of imidazole rings is 1. The molecule has 0 aromatic carbocycles. The molecule has 0 amide bonds. The Kier molecular flexibility index (Phi) is 1.99. The molecule has 1 unspecified atom stereocenters. The van der Waals surface area contributed by atoms with Gasteiger partial charge in [0, 0.05) is 18.4 Å². The summed E-state index contributed by atoms with van der Waals surface area (Å²) in [6, 6.07) is 0.539. The van der Waals surface area contributed by atoms with E-state index in [-0.39, 0.29) is 0 Å².